The molecule has 168 valence electrons. The van der Waals surface area contributed by atoms with Gasteiger partial charge in [-0.2, -0.15) is 0 Å². The van der Waals surface area contributed by atoms with Crippen molar-refractivity contribution < 1.29 is 14.1 Å². The van der Waals surface area contributed by atoms with E-state index in [4.69, 9.17) is 0 Å². The zero-order valence-corrected chi connectivity index (χ0v) is 18.2. The third-order valence-corrected chi connectivity index (χ3v) is 5.58. The Bertz CT molecular complexity index is 1570. The van der Waals surface area contributed by atoms with Crippen LogP contribution in [0.2, 0.25) is 0 Å². The Morgan fingerprint density at radius 1 is 1.00 bits per heavy atom. The van der Waals surface area contributed by atoms with Crippen molar-refractivity contribution >= 4 is 28.3 Å². The summed E-state index contributed by atoms with van der Waals surface area (Å²) in [5.41, 5.74) is 4.49. The molecule has 2 aromatic heterocycles. The van der Waals surface area contributed by atoms with Gasteiger partial charge in [-0.3, -0.25) is 19.1 Å². The first kappa shape index (κ1) is 21.1. The third kappa shape index (κ3) is 4.29. The highest BCUT2D eigenvalue weighted by Crippen LogP contribution is 2.23. The number of benzene rings is 3. The van der Waals surface area contributed by atoms with Crippen molar-refractivity contribution in [3.8, 4) is 11.4 Å². The minimum Gasteiger partial charge on any atom is -0.343 e. The Balaban J connectivity index is 1.30. The van der Waals surface area contributed by atoms with Gasteiger partial charge in [0, 0.05) is 46.0 Å². The second-order valence-corrected chi connectivity index (χ2v) is 7.95. The zero-order valence-electron chi connectivity index (χ0n) is 18.2. The van der Waals surface area contributed by atoms with E-state index in [1.165, 1.54) is 6.92 Å². The number of nitrogens with zero attached hydrogens (tertiary/aromatic N) is 2. The van der Waals surface area contributed by atoms with Crippen LogP contribution in [0.25, 0.3) is 22.3 Å². The molecule has 2 heterocycles. The molecule has 1 amide bonds. The fraction of sp³-hybridized carbons (Fsp3) is 0.0769. The van der Waals surface area contributed by atoms with E-state index in [9.17, 15) is 14.4 Å². The van der Waals surface area contributed by atoms with Gasteiger partial charge in [0.25, 0.3) is 5.91 Å². The lowest BCUT2D eigenvalue weighted by Gasteiger charge is -2.09. The summed E-state index contributed by atoms with van der Waals surface area (Å²) >= 11 is 0. The Morgan fingerprint density at radius 3 is 2.56 bits per heavy atom. The second-order valence-electron chi connectivity index (χ2n) is 7.95. The minimum atomic E-state index is -0.589. The van der Waals surface area contributed by atoms with Crippen LogP contribution in [0.4, 0.5) is 5.69 Å². The van der Waals surface area contributed by atoms with E-state index in [0.29, 0.717) is 29.2 Å². The topological polar surface area (TPSA) is 110 Å². The molecule has 0 unspecified atom stereocenters. The fourth-order valence-corrected chi connectivity index (χ4v) is 3.82. The summed E-state index contributed by atoms with van der Waals surface area (Å²) in [5, 5.41) is 7.57. The van der Waals surface area contributed by atoms with Crippen LogP contribution in [0.1, 0.15) is 33.2 Å². The van der Waals surface area contributed by atoms with Crippen LogP contribution in [0.3, 0.4) is 0 Å². The van der Waals surface area contributed by atoms with E-state index in [-0.39, 0.29) is 11.7 Å². The highest BCUT2D eigenvalue weighted by atomic mass is 16.5. The molecule has 0 saturated heterocycles. The molecule has 8 nitrogen and oxygen atoms in total. The first-order valence-corrected chi connectivity index (χ1v) is 10.6. The zero-order chi connectivity index (χ0) is 23.7. The summed E-state index contributed by atoms with van der Waals surface area (Å²) in [5.74, 6) is -0.490. The SMILES string of the molecule is CC(=O)c1cccc(NC(=O)c2ccc(Cn3ccc4cc(-c5noc(=O)[nH]5)ccc43)cc2)c1. The van der Waals surface area contributed by atoms with Crippen molar-refractivity contribution in [1.82, 2.24) is 14.7 Å². The molecule has 0 aliphatic heterocycles. The molecule has 34 heavy (non-hydrogen) atoms. The van der Waals surface area contributed by atoms with Crippen molar-refractivity contribution in [2.45, 2.75) is 13.5 Å². The smallest absolute Gasteiger partial charge is 0.343 e. The molecule has 3 aromatic carbocycles. The van der Waals surface area contributed by atoms with Crippen LogP contribution in [0, 0.1) is 0 Å². The Kier molecular flexibility index (Phi) is 5.39. The number of hydrogen-bond donors (Lipinski definition) is 2. The van der Waals surface area contributed by atoms with Crippen molar-refractivity contribution in [2.24, 2.45) is 0 Å². The number of fused-ring (bicyclic) bond motifs is 1. The number of carbonyl (C=O) groups is 2. The van der Waals surface area contributed by atoms with Gasteiger partial charge in [-0.1, -0.05) is 29.4 Å². The van der Waals surface area contributed by atoms with E-state index >= 15 is 0 Å². The molecule has 5 aromatic rings. The maximum atomic E-state index is 12.6. The molecule has 0 atom stereocenters. The largest absolute Gasteiger partial charge is 0.439 e. The van der Waals surface area contributed by atoms with Gasteiger partial charge in [0.15, 0.2) is 11.6 Å². The quantitative estimate of drug-likeness (QED) is 0.369. The van der Waals surface area contributed by atoms with Crippen molar-refractivity contribution in [3.05, 3.63) is 106 Å². The Hall–Kier alpha value is -4.72. The number of ketones is 1. The van der Waals surface area contributed by atoms with Crippen LogP contribution in [0.15, 0.2) is 88.3 Å². The molecule has 0 radical (unpaired) electrons. The second kappa shape index (κ2) is 8.67. The highest BCUT2D eigenvalue weighted by Gasteiger charge is 2.10. The lowest BCUT2D eigenvalue weighted by atomic mass is 10.1. The molecule has 0 spiro atoms. The number of H-pyrrole nitrogens is 1. The summed E-state index contributed by atoms with van der Waals surface area (Å²) in [6, 6.07) is 22.0. The summed E-state index contributed by atoms with van der Waals surface area (Å²) in [4.78, 5) is 37.9. The van der Waals surface area contributed by atoms with Crippen molar-refractivity contribution in [3.63, 3.8) is 0 Å². The van der Waals surface area contributed by atoms with Crippen molar-refractivity contribution in [1.29, 1.82) is 0 Å². The van der Waals surface area contributed by atoms with Crippen LogP contribution in [-0.4, -0.2) is 26.4 Å². The average molecular weight is 452 g/mol. The van der Waals surface area contributed by atoms with Gasteiger partial charge in [-0.15, -0.1) is 0 Å². The highest BCUT2D eigenvalue weighted by molar-refractivity contribution is 6.05. The number of aromatic amines is 1. The maximum absolute atomic E-state index is 12.6. The lowest BCUT2D eigenvalue weighted by molar-refractivity contribution is 0.101. The Labute approximate surface area is 193 Å². The number of Topliss-reactive ketones (excluding diaryl/α,β-unsaturated/α-hetero) is 1. The summed E-state index contributed by atoms with van der Waals surface area (Å²) in [6.07, 6.45) is 1.99. The first-order chi connectivity index (χ1) is 16.5. The lowest BCUT2D eigenvalue weighted by Crippen LogP contribution is -2.12. The predicted molar refractivity (Wildman–Crippen MR) is 128 cm³/mol. The maximum Gasteiger partial charge on any atom is 0.439 e. The van der Waals surface area contributed by atoms with Crippen LogP contribution < -0.4 is 11.1 Å². The predicted octanol–water partition coefficient (Wildman–Crippen LogP) is 4.49. The standard InChI is InChI=1S/C26H20N4O4/c1-16(31)19-3-2-4-22(14-19)27-25(32)18-7-5-17(6-8-18)15-30-12-11-20-13-21(9-10-23(20)30)24-28-26(33)34-29-24/h2-14H,15H2,1H3,(H,27,32)(H,28,29,33). The molecule has 0 fully saturated rings. The summed E-state index contributed by atoms with van der Waals surface area (Å²) in [6.45, 7) is 2.12. The van der Waals surface area contributed by atoms with Gasteiger partial charge >= 0.3 is 5.76 Å². The van der Waals surface area contributed by atoms with Crippen LogP contribution in [-0.2, 0) is 6.54 Å². The average Bonchev–Trinajstić information content (AvgIpc) is 3.45. The van der Waals surface area contributed by atoms with Crippen LogP contribution in [0.5, 0.6) is 0 Å². The Morgan fingerprint density at radius 2 is 1.82 bits per heavy atom. The van der Waals surface area contributed by atoms with E-state index in [1.807, 2.05) is 42.6 Å². The van der Waals surface area contributed by atoms with Gasteiger partial charge in [0.2, 0.25) is 0 Å². The minimum absolute atomic E-state index is 0.0534. The van der Waals surface area contributed by atoms with E-state index in [2.05, 4.69) is 24.5 Å². The molecular weight excluding hydrogens is 432 g/mol. The van der Waals surface area contributed by atoms with Gasteiger partial charge in [-0.25, -0.2) is 4.79 Å². The number of anilines is 1. The molecular formula is C26H20N4O4. The monoisotopic (exact) mass is 452 g/mol. The van der Waals surface area contributed by atoms with Crippen molar-refractivity contribution in [2.75, 3.05) is 5.32 Å². The molecule has 0 aliphatic rings. The number of amides is 1. The van der Waals surface area contributed by atoms with Gasteiger partial charge in [0.05, 0.1) is 0 Å². The number of rotatable bonds is 6. The third-order valence-electron chi connectivity index (χ3n) is 5.58. The van der Waals surface area contributed by atoms with E-state index in [1.54, 1.807) is 36.4 Å². The molecule has 0 aliphatic carbocycles. The van der Waals surface area contributed by atoms with E-state index < -0.39 is 5.76 Å². The number of carbonyl (C=O) groups excluding carboxylic acids is 2. The van der Waals surface area contributed by atoms with E-state index in [0.717, 1.165) is 22.0 Å². The molecule has 8 heteroatoms. The van der Waals surface area contributed by atoms with Gasteiger partial charge in [0.1, 0.15) is 0 Å². The number of nitrogens with one attached hydrogen (secondary N) is 2. The number of aromatic nitrogens is 3. The molecule has 0 bridgehead atoms. The van der Waals surface area contributed by atoms with Crippen LogP contribution >= 0.6 is 0 Å². The molecule has 5 rings (SSSR count). The number of hydrogen-bond acceptors (Lipinski definition) is 5. The fourth-order valence-electron chi connectivity index (χ4n) is 3.82. The summed E-state index contributed by atoms with van der Waals surface area (Å²) < 4.78 is 6.69. The molecule has 0 saturated carbocycles. The van der Waals surface area contributed by atoms with Gasteiger partial charge < -0.3 is 9.88 Å². The normalized spacial score (nSPS) is 11.0. The van der Waals surface area contributed by atoms with Gasteiger partial charge in [-0.05, 0) is 61.0 Å². The first-order valence-electron chi connectivity index (χ1n) is 10.6. The molecule has 2 N–H and O–H groups in total. The summed E-state index contributed by atoms with van der Waals surface area (Å²) in [7, 11) is 0.